The minimum Gasteiger partial charge on any atom is -0.393 e. The highest BCUT2D eigenvalue weighted by molar-refractivity contribution is 9.10. The predicted molar refractivity (Wildman–Crippen MR) is 86.8 cm³/mol. The largest absolute Gasteiger partial charge is 0.393 e. The highest BCUT2D eigenvalue weighted by Gasteiger charge is 2.18. The van der Waals surface area contributed by atoms with Gasteiger partial charge in [-0.25, -0.2) is 4.98 Å². The molecule has 3 rings (SSSR count). The Hall–Kier alpha value is -1.17. The SMILES string of the molecule is OC1CCC(NCc2ncc(-c3cccc(Br)c3)[nH]2)CC1. The second kappa shape index (κ2) is 6.73. The van der Waals surface area contributed by atoms with Crippen LogP contribution in [0, 0.1) is 0 Å². The third kappa shape index (κ3) is 3.93. The first kappa shape index (κ1) is 14.8. The second-order valence-electron chi connectivity index (χ2n) is 5.64. The molecule has 112 valence electrons. The van der Waals surface area contributed by atoms with E-state index in [4.69, 9.17) is 0 Å². The fraction of sp³-hybridized carbons (Fsp3) is 0.438. The topological polar surface area (TPSA) is 60.9 Å². The summed E-state index contributed by atoms with van der Waals surface area (Å²) in [5.74, 6) is 0.955. The Morgan fingerprint density at radius 2 is 2.10 bits per heavy atom. The Kier molecular flexibility index (Phi) is 4.73. The van der Waals surface area contributed by atoms with Crippen LogP contribution < -0.4 is 5.32 Å². The minimum atomic E-state index is -0.102. The molecule has 0 radical (unpaired) electrons. The number of H-pyrrole nitrogens is 1. The summed E-state index contributed by atoms with van der Waals surface area (Å²) in [6.45, 7) is 0.745. The van der Waals surface area contributed by atoms with Crippen molar-refractivity contribution in [3.8, 4) is 11.3 Å². The molecule has 21 heavy (non-hydrogen) atoms. The number of benzene rings is 1. The molecular weight excluding hydrogens is 330 g/mol. The highest BCUT2D eigenvalue weighted by Crippen LogP contribution is 2.22. The second-order valence-corrected chi connectivity index (χ2v) is 6.56. The maximum atomic E-state index is 9.51. The Bertz CT molecular complexity index is 591. The lowest BCUT2D eigenvalue weighted by Gasteiger charge is -2.25. The molecule has 1 aromatic carbocycles. The molecule has 0 bridgehead atoms. The summed E-state index contributed by atoms with van der Waals surface area (Å²) in [7, 11) is 0. The maximum absolute atomic E-state index is 9.51. The van der Waals surface area contributed by atoms with E-state index in [0.29, 0.717) is 6.04 Å². The predicted octanol–water partition coefficient (Wildman–Crippen LogP) is 3.23. The van der Waals surface area contributed by atoms with E-state index in [1.165, 1.54) is 0 Å². The van der Waals surface area contributed by atoms with Gasteiger partial charge in [-0.1, -0.05) is 28.1 Å². The van der Waals surface area contributed by atoms with E-state index in [0.717, 1.165) is 53.8 Å². The molecule has 0 saturated heterocycles. The number of nitrogens with one attached hydrogen (secondary N) is 2. The smallest absolute Gasteiger partial charge is 0.120 e. The molecule has 0 amide bonds. The molecule has 0 spiro atoms. The standard InChI is InChI=1S/C16H20BrN3O/c17-12-3-1-2-11(8-12)15-9-19-16(20-15)10-18-13-4-6-14(21)7-5-13/h1-3,8-9,13-14,18,21H,4-7,10H2,(H,19,20). The Morgan fingerprint density at radius 1 is 1.29 bits per heavy atom. The first-order valence-corrected chi connectivity index (χ1v) is 8.21. The molecule has 2 aromatic rings. The van der Waals surface area contributed by atoms with Crippen molar-refractivity contribution in [3.05, 3.63) is 40.8 Å². The van der Waals surface area contributed by atoms with Crippen LogP contribution in [0.3, 0.4) is 0 Å². The molecule has 1 aliphatic rings. The van der Waals surface area contributed by atoms with E-state index in [1.54, 1.807) is 0 Å². The van der Waals surface area contributed by atoms with Crippen molar-refractivity contribution >= 4 is 15.9 Å². The van der Waals surface area contributed by atoms with Gasteiger partial charge in [-0.15, -0.1) is 0 Å². The monoisotopic (exact) mass is 349 g/mol. The van der Waals surface area contributed by atoms with E-state index < -0.39 is 0 Å². The van der Waals surface area contributed by atoms with Crippen LogP contribution >= 0.6 is 15.9 Å². The van der Waals surface area contributed by atoms with Gasteiger partial charge in [0.1, 0.15) is 5.82 Å². The van der Waals surface area contributed by atoms with E-state index in [1.807, 2.05) is 18.3 Å². The van der Waals surface area contributed by atoms with Gasteiger partial charge in [0.2, 0.25) is 0 Å². The summed E-state index contributed by atoms with van der Waals surface area (Å²) in [6, 6.07) is 8.67. The Morgan fingerprint density at radius 3 is 2.86 bits per heavy atom. The molecular formula is C16H20BrN3O. The summed E-state index contributed by atoms with van der Waals surface area (Å²) in [4.78, 5) is 7.80. The first-order chi connectivity index (χ1) is 10.2. The Balaban J connectivity index is 1.58. The lowest BCUT2D eigenvalue weighted by molar-refractivity contribution is 0.116. The van der Waals surface area contributed by atoms with Crippen molar-refractivity contribution in [2.75, 3.05) is 0 Å². The maximum Gasteiger partial charge on any atom is 0.120 e. The van der Waals surface area contributed by atoms with Crippen LogP contribution in [-0.4, -0.2) is 27.2 Å². The molecule has 5 heteroatoms. The number of hydrogen-bond acceptors (Lipinski definition) is 3. The number of halogens is 1. The summed E-state index contributed by atoms with van der Waals surface area (Å²) in [5, 5.41) is 13.0. The fourth-order valence-corrected chi connectivity index (χ4v) is 3.18. The third-order valence-electron chi connectivity index (χ3n) is 4.02. The van der Waals surface area contributed by atoms with Crippen LogP contribution in [0.1, 0.15) is 31.5 Å². The lowest BCUT2D eigenvalue weighted by Crippen LogP contribution is -2.34. The zero-order valence-electron chi connectivity index (χ0n) is 11.8. The van der Waals surface area contributed by atoms with Gasteiger partial charge in [0.25, 0.3) is 0 Å². The number of aliphatic hydroxyl groups is 1. The number of nitrogens with zero attached hydrogens (tertiary/aromatic N) is 1. The van der Waals surface area contributed by atoms with Crippen molar-refractivity contribution in [2.24, 2.45) is 0 Å². The molecule has 0 aliphatic heterocycles. The van der Waals surface area contributed by atoms with Gasteiger partial charge in [0.05, 0.1) is 24.5 Å². The molecule has 4 nitrogen and oxygen atoms in total. The first-order valence-electron chi connectivity index (χ1n) is 7.42. The van der Waals surface area contributed by atoms with E-state index in [2.05, 4.69) is 43.3 Å². The van der Waals surface area contributed by atoms with Gasteiger partial charge >= 0.3 is 0 Å². The minimum absolute atomic E-state index is 0.102. The molecule has 1 fully saturated rings. The van der Waals surface area contributed by atoms with Gasteiger partial charge in [-0.2, -0.15) is 0 Å². The van der Waals surface area contributed by atoms with E-state index in [9.17, 15) is 5.11 Å². The quantitative estimate of drug-likeness (QED) is 0.793. The van der Waals surface area contributed by atoms with Crippen molar-refractivity contribution in [1.29, 1.82) is 0 Å². The number of aliphatic hydroxyl groups excluding tert-OH is 1. The Labute approximate surface area is 133 Å². The molecule has 3 N–H and O–H groups in total. The average Bonchev–Trinajstić information content (AvgIpc) is 2.96. The van der Waals surface area contributed by atoms with Gasteiger partial charge in [-0.3, -0.25) is 0 Å². The van der Waals surface area contributed by atoms with Crippen LogP contribution in [-0.2, 0) is 6.54 Å². The third-order valence-corrected chi connectivity index (χ3v) is 4.51. The average molecular weight is 350 g/mol. The van der Waals surface area contributed by atoms with Gasteiger partial charge in [-0.05, 0) is 37.8 Å². The van der Waals surface area contributed by atoms with Crippen molar-refractivity contribution in [3.63, 3.8) is 0 Å². The molecule has 0 atom stereocenters. The van der Waals surface area contributed by atoms with E-state index >= 15 is 0 Å². The summed E-state index contributed by atoms with van der Waals surface area (Å²) >= 11 is 3.49. The molecule has 0 unspecified atom stereocenters. The fourth-order valence-electron chi connectivity index (χ4n) is 2.78. The summed E-state index contributed by atoms with van der Waals surface area (Å²) < 4.78 is 1.06. The molecule has 1 aromatic heterocycles. The van der Waals surface area contributed by atoms with Crippen molar-refractivity contribution < 1.29 is 5.11 Å². The van der Waals surface area contributed by atoms with Gasteiger partial charge < -0.3 is 15.4 Å². The molecule has 1 saturated carbocycles. The van der Waals surface area contributed by atoms with Crippen LogP contribution in [0.4, 0.5) is 0 Å². The number of aromatic amines is 1. The normalized spacial score (nSPS) is 22.4. The van der Waals surface area contributed by atoms with Crippen LogP contribution in [0.5, 0.6) is 0 Å². The number of hydrogen-bond donors (Lipinski definition) is 3. The summed E-state index contributed by atoms with van der Waals surface area (Å²) in [6.07, 6.45) is 5.66. The number of imidazole rings is 1. The lowest BCUT2D eigenvalue weighted by atomic mass is 9.93. The van der Waals surface area contributed by atoms with Gasteiger partial charge in [0.15, 0.2) is 0 Å². The van der Waals surface area contributed by atoms with Gasteiger partial charge in [0, 0.05) is 16.1 Å². The molecule has 1 aliphatic carbocycles. The summed E-state index contributed by atoms with van der Waals surface area (Å²) in [5.41, 5.74) is 2.16. The van der Waals surface area contributed by atoms with Crippen LogP contribution in [0.15, 0.2) is 34.9 Å². The van der Waals surface area contributed by atoms with Crippen molar-refractivity contribution in [1.82, 2.24) is 15.3 Å². The van der Waals surface area contributed by atoms with E-state index in [-0.39, 0.29) is 6.10 Å². The van der Waals surface area contributed by atoms with Crippen LogP contribution in [0.2, 0.25) is 0 Å². The van der Waals surface area contributed by atoms with Crippen molar-refractivity contribution in [2.45, 2.75) is 44.4 Å². The zero-order chi connectivity index (χ0) is 14.7. The van der Waals surface area contributed by atoms with Crippen LogP contribution in [0.25, 0.3) is 11.3 Å². The zero-order valence-corrected chi connectivity index (χ0v) is 13.4. The molecule has 1 heterocycles. The highest BCUT2D eigenvalue weighted by atomic mass is 79.9. The number of aromatic nitrogens is 2. The number of rotatable bonds is 4.